The van der Waals surface area contributed by atoms with Crippen LogP contribution < -0.4 is 5.32 Å². The van der Waals surface area contributed by atoms with Crippen LogP contribution in [0.1, 0.15) is 24.2 Å². The molecule has 1 fully saturated rings. The zero-order valence-corrected chi connectivity index (χ0v) is 14.9. The topological polar surface area (TPSA) is 93.9 Å². The van der Waals surface area contributed by atoms with E-state index in [9.17, 15) is 14.9 Å². The van der Waals surface area contributed by atoms with Gasteiger partial charge in [0, 0.05) is 37.4 Å². The number of hydrogen-bond donors (Lipinski definition) is 1. The third kappa shape index (κ3) is 4.90. The molecule has 1 saturated heterocycles. The molecule has 0 spiro atoms. The van der Waals surface area contributed by atoms with Crippen LogP contribution in [0.3, 0.4) is 0 Å². The smallest absolute Gasteiger partial charge is 0.344 e. The molecule has 0 saturated carbocycles. The number of nitro benzene ring substituents is 1. The molecule has 8 heteroatoms. The minimum absolute atomic E-state index is 0.0510. The fourth-order valence-corrected chi connectivity index (χ4v) is 3.00. The van der Waals surface area contributed by atoms with E-state index in [4.69, 9.17) is 4.74 Å². The molecular weight excluding hydrogens is 326 g/mol. The highest BCUT2D eigenvalue weighted by Gasteiger charge is 2.25. The van der Waals surface area contributed by atoms with Crippen molar-refractivity contribution in [2.24, 2.45) is 5.92 Å². The number of rotatable bonds is 7. The SMILES string of the molecule is COC(=O)c1cc(NCC(C(C)C)N2CCOCC2)ccc1[N+](=O)[O-]. The van der Waals surface area contributed by atoms with Gasteiger partial charge in [-0.2, -0.15) is 0 Å². The number of hydrogen-bond acceptors (Lipinski definition) is 7. The number of carbonyl (C=O) groups is 1. The van der Waals surface area contributed by atoms with Crippen LogP contribution in [0.25, 0.3) is 0 Å². The Hall–Kier alpha value is -2.19. The van der Waals surface area contributed by atoms with E-state index in [1.165, 1.54) is 19.2 Å². The monoisotopic (exact) mass is 351 g/mol. The zero-order chi connectivity index (χ0) is 18.4. The lowest BCUT2D eigenvalue weighted by Crippen LogP contribution is -2.49. The fraction of sp³-hybridized carbons (Fsp3) is 0.588. The van der Waals surface area contributed by atoms with Gasteiger partial charge in [-0.15, -0.1) is 0 Å². The molecular formula is C17H25N3O5. The average molecular weight is 351 g/mol. The van der Waals surface area contributed by atoms with Crippen LogP contribution >= 0.6 is 0 Å². The number of ether oxygens (including phenoxy) is 2. The quantitative estimate of drug-likeness (QED) is 0.457. The van der Waals surface area contributed by atoms with E-state index < -0.39 is 10.9 Å². The van der Waals surface area contributed by atoms with E-state index >= 15 is 0 Å². The first-order valence-electron chi connectivity index (χ1n) is 8.36. The van der Waals surface area contributed by atoms with Crippen molar-refractivity contribution in [3.05, 3.63) is 33.9 Å². The Bertz CT molecular complexity index is 614. The molecule has 0 aliphatic carbocycles. The van der Waals surface area contributed by atoms with Crippen molar-refractivity contribution in [3.8, 4) is 0 Å². The van der Waals surface area contributed by atoms with Crippen molar-refractivity contribution in [3.63, 3.8) is 0 Å². The number of morpholine rings is 1. The molecule has 1 aromatic rings. The van der Waals surface area contributed by atoms with Crippen LogP contribution in [0.15, 0.2) is 18.2 Å². The Morgan fingerprint density at radius 1 is 1.40 bits per heavy atom. The molecule has 138 valence electrons. The number of benzene rings is 1. The number of nitro groups is 1. The number of carbonyl (C=O) groups excluding carboxylic acids is 1. The second kappa shape index (κ2) is 8.77. The molecule has 1 aromatic carbocycles. The maximum Gasteiger partial charge on any atom is 0.344 e. The van der Waals surface area contributed by atoms with E-state index in [2.05, 4.69) is 28.8 Å². The van der Waals surface area contributed by atoms with Crippen molar-refractivity contribution < 1.29 is 19.2 Å². The van der Waals surface area contributed by atoms with Crippen molar-refractivity contribution in [1.29, 1.82) is 0 Å². The van der Waals surface area contributed by atoms with E-state index in [1.54, 1.807) is 6.07 Å². The van der Waals surface area contributed by atoms with Crippen molar-refractivity contribution >= 4 is 17.3 Å². The van der Waals surface area contributed by atoms with Gasteiger partial charge in [-0.3, -0.25) is 15.0 Å². The van der Waals surface area contributed by atoms with E-state index in [0.717, 1.165) is 26.3 Å². The molecule has 0 aromatic heterocycles. The molecule has 2 rings (SSSR count). The third-order valence-electron chi connectivity index (χ3n) is 4.40. The summed E-state index contributed by atoms with van der Waals surface area (Å²) in [6, 6.07) is 4.72. The van der Waals surface area contributed by atoms with Crippen LogP contribution in [-0.2, 0) is 9.47 Å². The number of anilines is 1. The van der Waals surface area contributed by atoms with Gasteiger partial charge in [-0.05, 0) is 18.1 Å². The number of methoxy groups -OCH3 is 1. The van der Waals surface area contributed by atoms with Crippen LogP contribution in [-0.4, -0.2) is 61.8 Å². The minimum Gasteiger partial charge on any atom is -0.465 e. The summed E-state index contributed by atoms with van der Waals surface area (Å²) in [5.41, 5.74) is 0.348. The number of nitrogens with zero attached hydrogens (tertiary/aromatic N) is 2. The molecule has 8 nitrogen and oxygen atoms in total. The van der Waals surface area contributed by atoms with E-state index in [0.29, 0.717) is 24.2 Å². The maximum atomic E-state index is 11.8. The summed E-state index contributed by atoms with van der Waals surface area (Å²) in [5.74, 6) is -0.285. The van der Waals surface area contributed by atoms with Gasteiger partial charge in [-0.25, -0.2) is 4.79 Å². The lowest BCUT2D eigenvalue weighted by atomic mass is 10.0. The highest BCUT2D eigenvalue weighted by atomic mass is 16.6. The van der Waals surface area contributed by atoms with Gasteiger partial charge >= 0.3 is 5.97 Å². The van der Waals surface area contributed by atoms with E-state index in [-0.39, 0.29) is 11.3 Å². The summed E-state index contributed by atoms with van der Waals surface area (Å²) < 4.78 is 10.1. The lowest BCUT2D eigenvalue weighted by molar-refractivity contribution is -0.385. The summed E-state index contributed by atoms with van der Waals surface area (Å²) in [6.07, 6.45) is 0. The van der Waals surface area contributed by atoms with Gasteiger partial charge in [0.05, 0.1) is 25.2 Å². The Morgan fingerprint density at radius 2 is 2.08 bits per heavy atom. The third-order valence-corrected chi connectivity index (χ3v) is 4.40. The second-order valence-electron chi connectivity index (χ2n) is 6.32. The molecule has 0 radical (unpaired) electrons. The summed E-state index contributed by atoms with van der Waals surface area (Å²) in [7, 11) is 1.21. The van der Waals surface area contributed by atoms with E-state index in [1.807, 2.05) is 0 Å². The Kier molecular flexibility index (Phi) is 6.72. The number of esters is 1. The minimum atomic E-state index is -0.719. The van der Waals surface area contributed by atoms with Crippen molar-refractivity contribution in [1.82, 2.24) is 4.90 Å². The molecule has 1 N–H and O–H groups in total. The van der Waals surface area contributed by atoms with Gasteiger partial charge in [0.2, 0.25) is 0 Å². The predicted octanol–water partition coefficient (Wildman–Crippen LogP) is 2.15. The summed E-state index contributed by atoms with van der Waals surface area (Å²) >= 11 is 0. The second-order valence-corrected chi connectivity index (χ2v) is 6.32. The first-order valence-corrected chi connectivity index (χ1v) is 8.36. The lowest BCUT2D eigenvalue weighted by Gasteiger charge is -2.37. The van der Waals surface area contributed by atoms with Gasteiger partial charge in [0.25, 0.3) is 5.69 Å². The summed E-state index contributed by atoms with van der Waals surface area (Å²) in [6.45, 7) is 8.24. The molecule has 1 heterocycles. The largest absolute Gasteiger partial charge is 0.465 e. The highest BCUT2D eigenvalue weighted by molar-refractivity contribution is 5.95. The van der Waals surface area contributed by atoms with Crippen LogP contribution in [0.4, 0.5) is 11.4 Å². The maximum absolute atomic E-state index is 11.8. The molecule has 1 atom stereocenters. The Labute approximate surface area is 147 Å². The first-order chi connectivity index (χ1) is 11.9. The van der Waals surface area contributed by atoms with Gasteiger partial charge in [-0.1, -0.05) is 13.8 Å². The fourth-order valence-electron chi connectivity index (χ4n) is 3.00. The Balaban J connectivity index is 2.12. The van der Waals surface area contributed by atoms with Gasteiger partial charge in [0.1, 0.15) is 5.56 Å². The molecule has 0 amide bonds. The number of nitrogens with one attached hydrogen (secondary N) is 1. The zero-order valence-electron chi connectivity index (χ0n) is 14.9. The standard InChI is InChI=1S/C17H25N3O5/c1-12(2)16(19-6-8-25-9-7-19)11-18-13-4-5-15(20(22)23)14(10-13)17(21)24-3/h4-5,10,12,16,18H,6-9,11H2,1-3H3. The van der Waals surface area contributed by atoms with Gasteiger partial charge in [0.15, 0.2) is 0 Å². The van der Waals surface area contributed by atoms with Crippen molar-refractivity contribution in [2.45, 2.75) is 19.9 Å². The molecule has 1 unspecified atom stereocenters. The first kappa shape index (κ1) is 19.1. The summed E-state index contributed by atoms with van der Waals surface area (Å²) in [5, 5.41) is 14.4. The average Bonchev–Trinajstić information content (AvgIpc) is 2.61. The normalized spacial score (nSPS) is 16.5. The van der Waals surface area contributed by atoms with Crippen LogP contribution in [0.5, 0.6) is 0 Å². The molecule has 0 bridgehead atoms. The predicted molar refractivity (Wildman–Crippen MR) is 93.9 cm³/mol. The van der Waals surface area contributed by atoms with Crippen molar-refractivity contribution in [2.75, 3.05) is 45.3 Å². The molecule has 1 aliphatic heterocycles. The molecule has 1 aliphatic rings. The summed E-state index contributed by atoms with van der Waals surface area (Å²) in [4.78, 5) is 24.7. The highest BCUT2D eigenvalue weighted by Crippen LogP contribution is 2.24. The van der Waals surface area contributed by atoms with Gasteiger partial charge < -0.3 is 14.8 Å². The van der Waals surface area contributed by atoms with Crippen LogP contribution in [0, 0.1) is 16.0 Å². The van der Waals surface area contributed by atoms with Crippen LogP contribution in [0.2, 0.25) is 0 Å². The Morgan fingerprint density at radius 3 is 2.64 bits per heavy atom. The molecule has 25 heavy (non-hydrogen) atoms.